The van der Waals surface area contributed by atoms with Gasteiger partial charge in [-0.15, -0.1) is 0 Å². The maximum Gasteiger partial charge on any atom is 0.267 e. The highest BCUT2D eigenvalue weighted by atomic mass is 79.9. The van der Waals surface area contributed by atoms with Crippen molar-refractivity contribution in [2.24, 2.45) is 0 Å². The Kier molecular flexibility index (Phi) is 5.95. The SMILES string of the molecule is CCc1ccc(N/C=C(/C#N)C(=O)Nc2ccc(Br)cc2)cc1. The predicted molar refractivity (Wildman–Crippen MR) is 95.9 cm³/mol. The fourth-order valence-corrected chi connectivity index (χ4v) is 2.14. The number of aryl methyl sites for hydroxylation is 1. The van der Waals surface area contributed by atoms with Gasteiger partial charge >= 0.3 is 0 Å². The van der Waals surface area contributed by atoms with Gasteiger partial charge in [-0.1, -0.05) is 35.0 Å². The number of nitrogens with zero attached hydrogens (tertiary/aromatic N) is 1. The van der Waals surface area contributed by atoms with E-state index in [1.54, 1.807) is 12.1 Å². The van der Waals surface area contributed by atoms with E-state index >= 15 is 0 Å². The molecule has 0 fully saturated rings. The summed E-state index contributed by atoms with van der Waals surface area (Å²) in [4.78, 5) is 12.1. The summed E-state index contributed by atoms with van der Waals surface area (Å²) in [5.41, 5.74) is 2.69. The van der Waals surface area contributed by atoms with Gasteiger partial charge < -0.3 is 10.6 Å². The molecule has 0 spiro atoms. The molecule has 0 aliphatic heterocycles. The maximum atomic E-state index is 12.1. The summed E-state index contributed by atoms with van der Waals surface area (Å²) in [6.45, 7) is 2.09. The molecule has 0 atom stereocenters. The Morgan fingerprint density at radius 1 is 1.13 bits per heavy atom. The Labute approximate surface area is 144 Å². The second-order valence-corrected chi connectivity index (χ2v) is 5.74. The van der Waals surface area contributed by atoms with Crippen LogP contribution in [0.2, 0.25) is 0 Å². The van der Waals surface area contributed by atoms with E-state index in [4.69, 9.17) is 5.26 Å². The lowest BCUT2D eigenvalue weighted by atomic mass is 10.1. The van der Waals surface area contributed by atoms with Crippen molar-refractivity contribution < 1.29 is 4.79 Å². The van der Waals surface area contributed by atoms with E-state index in [-0.39, 0.29) is 5.57 Å². The molecule has 0 unspecified atom stereocenters. The van der Waals surface area contributed by atoms with Gasteiger partial charge in [0.25, 0.3) is 5.91 Å². The van der Waals surface area contributed by atoms with Gasteiger partial charge in [0.2, 0.25) is 0 Å². The van der Waals surface area contributed by atoms with E-state index in [2.05, 4.69) is 33.5 Å². The summed E-state index contributed by atoms with van der Waals surface area (Å²) >= 11 is 3.33. The van der Waals surface area contributed by atoms with Crippen molar-refractivity contribution in [1.82, 2.24) is 0 Å². The molecule has 2 aromatic rings. The average Bonchev–Trinajstić information content (AvgIpc) is 2.58. The fourth-order valence-electron chi connectivity index (χ4n) is 1.87. The molecule has 2 N–H and O–H groups in total. The molecule has 4 nitrogen and oxygen atoms in total. The fraction of sp³-hybridized carbons (Fsp3) is 0.111. The second-order valence-electron chi connectivity index (χ2n) is 4.83. The third kappa shape index (κ3) is 4.97. The lowest BCUT2D eigenvalue weighted by Crippen LogP contribution is -2.14. The number of benzene rings is 2. The third-order valence-corrected chi connectivity index (χ3v) is 3.74. The van der Waals surface area contributed by atoms with Crippen LogP contribution in [0.15, 0.2) is 64.8 Å². The minimum atomic E-state index is -0.451. The first kappa shape index (κ1) is 16.8. The summed E-state index contributed by atoms with van der Waals surface area (Å²) in [5, 5.41) is 14.8. The monoisotopic (exact) mass is 369 g/mol. The summed E-state index contributed by atoms with van der Waals surface area (Å²) in [6, 6.07) is 16.9. The largest absolute Gasteiger partial charge is 0.360 e. The van der Waals surface area contributed by atoms with Crippen LogP contribution in [-0.2, 0) is 11.2 Å². The van der Waals surface area contributed by atoms with Gasteiger partial charge in [0.05, 0.1) is 0 Å². The Morgan fingerprint density at radius 2 is 1.74 bits per heavy atom. The molecule has 0 saturated carbocycles. The summed E-state index contributed by atoms with van der Waals surface area (Å²) in [6.07, 6.45) is 2.38. The molecule has 23 heavy (non-hydrogen) atoms. The Hall–Kier alpha value is -2.58. The zero-order valence-electron chi connectivity index (χ0n) is 12.6. The molecule has 0 aliphatic carbocycles. The molecule has 2 rings (SSSR count). The highest BCUT2D eigenvalue weighted by molar-refractivity contribution is 9.10. The highest BCUT2D eigenvalue weighted by Gasteiger charge is 2.09. The maximum absolute atomic E-state index is 12.1. The summed E-state index contributed by atoms with van der Waals surface area (Å²) < 4.78 is 0.920. The molecular formula is C18H16BrN3O. The van der Waals surface area contributed by atoms with Crippen LogP contribution < -0.4 is 10.6 Å². The smallest absolute Gasteiger partial charge is 0.267 e. The van der Waals surface area contributed by atoms with E-state index in [0.29, 0.717) is 5.69 Å². The van der Waals surface area contributed by atoms with Crippen molar-refractivity contribution in [3.63, 3.8) is 0 Å². The number of hydrogen-bond acceptors (Lipinski definition) is 3. The predicted octanol–water partition coefficient (Wildman–Crippen LogP) is 4.47. The van der Waals surface area contributed by atoms with Crippen LogP contribution in [0.3, 0.4) is 0 Å². The minimum absolute atomic E-state index is 0.00693. The van der Waals surface area contributed by atoms with E-state index in [1.807, 2.05) is 42.5 Å². The molecule has 116 valence electrons. The van der Waals surface area contributed by atoms with E-state index in [0.717, 1.165) is 16.6 Å². The van der Waals surface area contributed by atoms with Crippen LogP contribution in [0.25, 0.3) is 0 Å². The number of rotatable bonds is 5. The number of amides is 1. The molecule has 0 saturated heterocycles. The highest BCUT2D eigenvalue weighted by Crippen LogP contribution is 2.15. The number of carbonyl (C=O) groups is 1. The van der Waals surface area contributed by atoms with Crippen molar-refractivity contribution in [3.8, 4) is 6.07 Å². The molecule has 5 heteroatoms. The van der Waals surface area contributed by atoms with Crippen LogP contribution in [-0.4, -0.2) is 5.91 Å². The van der Waals surface area contributed by atoms with E-state index in [9.17, 15) is 4.79 Å². The normalized spacial score (nSPS) is 10.7. The Bertz CT molecular complexity index is 743. The zero-order chi connectivity index (χ0) is 16.7. The van der Waals surface area contributed by atoms with Gasteiger partial charge in [-0.25, -0.2) is 0 Å². The summed E-state index contributed by atoms with van der Waals surface area (Å²) in [5.74, 6) is -0.451. The molecule has 0 radical (unpaired) electrons. The van der Waals surface area contributed by atoms with Crippen LogP contribution >= 0.6 is 15.9 Å². The first-order valence-electron chi connectivity index (χ1n) is 7.15. The van der Waals surface area contributed by atoms with Gasteiger partial charge in [0.15, 0.2) is 0 Å². The lowest BCUT2D eigenvalue weighted by Gasteiger charge is -2.06. The van der Waals surface area contributed by atoms with E-state index in [1.165, 1.54) is 11.8 Å². The number of halogens is 1. The first-order chi connectivity index (χ1) is 11.1. The Morgan fingerprint density at radius 3 is 2.30 bits per heavy atom. The van der Waals surface area contributed by atoms with E-state index < -0.39 is 5.91 Å². The molecule has 1 amide bonds. The van der Waals surface area contributed by atoms with Gasteiger partial charge in [-0.2, -0.15) is 5.26 Å². The van der Waals surface area contributed by atoms with Crippen molar-refractivity contribution >= 4 is 33.2 Å². The first-order valence-corrected chi connectivity index (χ1v) is 7.94. The molecule has 2 aromatic carbocycles. The van der Waals surface area contributed by atoms with Crippen LogP contribution in [0.1, 0.15) is 12.5 Å². The second kappa shape index (κ2) is 8.16. The van der Waals surface area contributed by atoms with Crippen LogP contribution in [0.4, 0.5) is 11.4 Å². The number of carbonyl (C=O) groups excluding carboxylic acids is 1. The van der Waals surface area contributed by atoms with Gasteiger partial charge in [-0.3, -0.25) is 4.79 Å². The van der Waals surface area contributed by atoms with Crippen molar-refractivity contribution in [2.75, 3.05) is 10.6 Å². The van der Waals surface area contributed by atoms with Crippen molar-refractivity contribution in [2.45, 2.75) is 13.3 Å². The van der Waals surface area contributed by atoms with Gasteiger partial charge in [0.1, 0.15) is 11.6 Å². The quantitative estimate of drug-likeness (QED) is 0.603. The van der Waals surface area contributed by atoms with Crippen LogP contribution in [0, 0.1) is 11.3 Å². The molecule has 0 aliphatic rings. The number of nitriles is 1. The van der Waals surface area contributed by atoms with Crippen molar-refractivity contribution in [1.29, 1.82) is 5.26 Å². The molecular weight excluding hydrogens is 354 g/mol. The average molecular weight is 370 g/mol. The number of hydrogen-bond donors (Lipinski definition) is 2. The third-order valence-electron chi connectivity index (χ3n) is 3.21. The Balaban J connectivity index is 2.03. The molecule has 0 heterocycles. The van der Waals surface area contributed by atoms with Crippen LogP contribution in [0.5, 0.6) is 0 Å². The number of nitrogens with one attached hydrogen (secondary N) is 2. The minimum Gasteiger partial charge on any atom is -0.360 e. The summed E-state index contributed by atoms with van der Waals surface area (Å²) in [7, 11) is 0. The standard InChI is InChI=1S/C18H16BrN3O/c1-2-13-3-7-16(8-4-13)21-12-14(11-20)18(23)22-17-9-5-15(19)6-10-17/h3-10,12,21H,2H2,1H3,(H,22,23)/b14-12-. The lowest BCUT2D eigenvalue weighted by molar-refractivity contribution is -0.112. The van der Waals surface area contributed by atoms with Crippen molar-refractivity contribution in [3.05, 3.63) is 70.3 Å². The van der Waals surface area contributed by atoms with Gasteiger partial charge in [-0.05, 0) is 48.4 Å². The molecule has 0 aromatic heterocycles. The topological polar surface area (TPSA) is 64.9 Å². The number of anilines is 2. The molecule has 0 bridgehead atoms. The van der Waals surface area contributed by atoms with Gasteiger partial charge in [0, 0.05) is 22.0 Å². The zero-order valence-corrected chi connectivity index (χ0v) is 14.2.